The maximum Gasteiger partial charge on any atom is 0.272 e. The average molecular weight is 373 g/mol. The van der Waals surface area contributed by atoms with Gasteiger partial charge in [-0.25, -0.2) is 5.43 Å². The Kier molecular flexibility index (Phi) is 5.54. The van der Waals surface area contributed by atoms with Crippen molar-refractivity contribution in [2.24, 2.45) is 5.10 Å². The van der Waals surface area contributed by atoms with Gasteiger partial charge in [-0.05, 0) is 24.3 Å². The molecule has 0 aromatic heterocycles. The lowest BCUT2D eigenvalue weighted by atomic mass is 10.2. The predicted molar refractivity (Wildman–Crippen MR) is 89.6 cm³/mol. The van der Waals surface area contributed by atoms with E-state index in [1.807, 2.05) is 0 Å². The van der Waals surface area contributed by atoms with E-state index in [0.717, 1.165) is 0 Å². The Balaban J connectivity index is 2.15. The molecule has 0 aliphatic rings. The zero-order chi connectivity index (χ0) is 17.0. The number of halogens is 3. The van der Waals surface area contributed by atoms with E-state index in [1.165, 1.54) is 36.5 Å². The molecule has 1 amide bonds. The first kappa shape index (κ1) is 17.2. The second-order valence-corrected chi connectivity index (χ2v) is 5.54. The molecule has 0 aliphatic carbocycles. The topological polar surface area (TPSA) is 84.6 Å². The van der Waals surface area contributed by atoms with E-state index in [4.69, 9.17) is 34.8 Å². The summed E-state index contributed by atoms with van der Waals surface area (Å²) in [6, 6.07) is 8.31. The fourth-order valence-electron chi connectivity index (χ4n) is 1.64. The summed E-state index contributed by atoms with van der Waals surface area (Å²) in [5.41, 5.74) is 2.56. The number of nitro benzene ring substituents is 1. The highest BCUT2D eigenvalue weighted by Gasteiger charge is 2.11. The van der Waals surface area contributed by atoms with Crippen molar-refractivity contribution in [3.63, 3.8) is 0 Å². The lowest BCUT2D eigenvalue weighted by molar-refractivity contribution is -0.384. The highest BCUT2D eigenvalue weighted by molar-refractivity contribution is 6.35. The van der Waals surface area contributed by atoms with E-state index in [2.05, 4.69) is 10.5 Å². The molecule has 2 aromatic rings. The Labute approximate surface area is 145 Å². The number of nitrogens with zero attached hydrogens (tertiary/aromatic N) is 2. The molecular formula is C14H8Cl3N3O3. The van der Waals surface area contributed by atoms with Gasteiger partial charge in [-0.15, -0.1) is 0 Å². The fourth-order valence-corrected chi connectivity index (χ4v) is 2.18. The maximum absolute atomic E-state index is 12.0. The third-order valence-electron chi connectivity index (χ3n) is 2.73. The van der Waals surface area contributed by atoms with Gasteiger partial charge in [-0.3, -0.25) is 14.9 Å². The molecule has 0 heterocycles. The van der Waals surface area contributed by atoms with Crippen LogP contribution in [0.5, 0.6) is 0 Å². The lowest BCUT2D eigenvalue weighted by Gasteiger charge is -2.03. The molecule has 6 nitrogen and oxygen atoms in total. The minimum Gasteiger partial charge on any atom is -0.267 e. The molecule has 0 atom stereocenters. The minimum absolute atomic E-state index is 0.139. The Hall–Kier alpha value is -2.15. The summed E-state index contributed by atoms with van der Waals surface area (Å²) in [4.78, 5) is 22.1. The van der Waals surface area contributed by atoms with Gasteiger partial charge in [-0.1, -0.05) is 34.8 Å². The Morgan fingerprint density at radius 3 is 2.52 bits per heavy atom. The number of amides is 1. The van der Waals surface area contributed by atoms with Gasteiger partial charge in [-0.2, -0.15) is 5.10 Å². The zero-order valence-corrected chi connectivity index (χ0v) is 13.6. The molecule has 23 heavy (non-hydrogen) atoms. The number of hydrogen-bond acceptors (Lipinski definition) is 4. The second-order valence-electron chi connectivity index (χ2n) is 4.29. The number of nitro groups is 1. The van der Waals surface area contributed by atoms with E-state index in [1.54, 1.807) is 6.07 Å². The van der Waals surface area contributed by atoms with Crippen LogP contribution in [0.3, 0.4) is 0 Å². The number of non-ortho nitro benzene ring substituents is 1. The number of hydrazone groups is 1. The van der Waals surface area contributed by atoms with Crippen molar-refractivity contribution < 1.29 is 9.72 Å². The summed E-state index contributed by atoms with van der Waals surface area (Å²) in [6.07, 6.45) is 1.20. The third kappa shape index (κ3) is 4.41. The van der Waals surface area contributed by atoms with Crippen LogP contribution < -0.4 is 5.43 Å². The van der Waals surface area contributed by atoms with Gasteiger partial charge in [0, 0.05) is 27.7 Å². The molecule has 9 heteroatoms. The maximum atomic E-state index is 12.0. The van der Waals surface area contributed by atoms with Gasteiger partial charge in [0.2, 0.25) is 0 Å². The number of nitrogens with one attached hydrogen (secondary N) is 1. The molecule has 2 rings (SSSR count). The first-order valence-electron chi connectivity index (χ1n) is 6.11. The van der Waals surface area contributed by atoms with Gasteiger partial charge >= 0.3 is 0 Å². The van der Waals surface area contributed by atoms with Gasteiger partial charge in [0.25, 0.3) is 11.6 Å². The highest BCUT2D eigenvalue weighted by Crippen LogP contribution is 2.21. The van der Waals surface area contributed by atoms with E-state index >= 15 is 0 Å². The summed E-state index contributed by atoms with van der Waals surface area (Å²) < 4.78 is 0. The zero-order valence-electron chi connectivity index (χ0n) is 11.3. The average Bonchev–Trinajstić information content (AvgIpc) is 2.51. The van der Waals surface area contributed by atoms with Crippen molar-refractivity contribution in [1.29, 1.82) is 0 Å². The monoisotopic (exact) mass is 371 g/mol. The van der Waals surface area contributed by atoms with Crippen molar-refractivity contribution in [3.05, 3.63) is 72.7 Å². The standard InChI is InChI=1S/C14H8Cl3N3O3/c15-9-1-3-13(17)11(6-9)14(21)19-18-7-8-5-10(20(22)23)2-4-12(8)16/h1-7H,(H,19,21)/b18-7-. The molecule has 0 saturated heterocycles. The highest BCUT2D eigenvalue weighted by atomic mass is 35.5. The number of carbonyl (C=O) groups is 1. The Morgan fingerprint density at radius 1 is 1.13 bits per heavy atom. The number of hydrogen-bond donors (Lipinski definition) is 1. The predicted octanol–water partition coefficient (Wildman–Crippen LogP) is 4.32. The van der Waals surface area contributed by atoms with Crippen molar-refractivity contribution in [2.45, 2.75) is 0 Å². The van der Waals surface area contributed by atoms with Crippen molar-refractivity contribution in [2.75, 3.05) is 0 Å². The van der Waals surface area contributed by atoms with Crippen molar-refractivity contribution >= 4 is 52.6 Å². The van der Waals surface area contributed by atoms with E-state index in [-0.39, 0.29) is 21.3 Å². The first-order valence-corrected chi connectivity index (χ1v) is 7.24. The van der Waals surface area contributed by atoms with Crippen molar-refractivity contribution in [1.82, 2.24) is 5.43 Å². The summed E-state index contributed by atoms with van der Waals surface area (Å²) in [5.74, 6) is -0.574. The number of rotatable bonds is 4. The largest absolute Gasteiger partial charge is 0.272 e. The molecule has 0 unspecified atom stereocenters. The van der Waals surface area contributed by atoms with Crippen LogP contribution >= 0.6 is 34.8 Å². The number of benzene rings is 2. The Morgan fingerprint density at radius 2 is 1.83 bits per heavy atom. The van der Waals surface area contributed by atoms with E-state index in [9.17, 15) is 14.9 Å². The SMILES string of the molecule is O=C(N/N=C\c1cc([N+](=O)[O-])ccc1Cl)c1cc(Cl)ccc1Cl. The second kappa shape index (κ2) is 7.41. The van der Waals surface area contributed by atoms with Crippen LogP contribution in [0, 0.1) is 10.1 Å². The van der Waals surface area contributed by atoms with Crippen LogP contribution in [0.15, 0.2) is 41.5 Å². The molecule has 0 bridgehead atoms. The molecule has 0 radical (unpaired) electrons. The van der Waals surface area contributed by atoms with Crippen LogP contribution in [0.2, 0.25) is 15.1 Å². The van der Waals surface area contributed by atoms with Crippen LogP contribution in [-0.2, 0) is 0 Å². The lowest BCUT2D eigenvalue weighted by Crippen LogP contribution is -2.18. The summed E-state index contributed by atoms with van der Waals surface area (Å²) >= 11 is 17.6. The van der Waals surface area contributed by atoms with Crippen LogP contribution in [0.25, 0.3) is 0 Å². The van der Waals surface area contributed by atoms with Crippen LogP contribution in [0.1, 0.15) is 15.9 Å². The normalized spacial score (nSPS) is 10.7. The quantitative estimate of drug-likeness (QED) is 0.493. The molecule has 0 aliphatic heterocycles. The smallest absolute Gasteiger partial charge is 0.267 e. The molecule has 2 aromatic carbocycles. The molecule has 0 saturated carbocycles. The summed E-state index contributed by atoms with van der Waals surface area (Å²) in [6.45, 7) is 0. The fraction of sp³-hybridized carbons (Fsp3) is 0. The van der Waals surface area contributed by atoms with E-state index < -0.39 is 10.8 Å². The molecular weight excluding hydrogens is 365 g/mol. The van der Waals surface area contributed by atoms with Gasteiger partial charge < -0.3 is 0 Å². The third-order valence-corrected chi connectivity index (χ3v) is 3.64. The van der Waals surface area contributed by atoms with Crippen LogP contribution in [-0.4, -0.2) is 17.0 Å². The summed E-state index contributed by atoms with van der Waals surface area (Å²) in [5, 5.41) is 15.3. The molecule has 0 fully saturated rings. The van der Waals surface area contributed by atoms with Gasteiger partial charge in [0.1, 0.15) is 0 Å². The number of carbonyl (C=O) groups excluding carboxylic acids is 1. The van der Waals surface area contributed by atoms with Gasteiger partial charge in [0.15, 0.2) is 0 Å². The van der Waals surface area contributed by atoms with Gasteiger partial charge in [0.05, 0.1) is 21.7 Å². The van der Waals surface area contributed by atoms with Crippen LogP contribution in [0.4, 0.5) is 5.69 Å². The Bertz CT molecular complexity index is 809. The molecule has 1 N–H and O–H groups in total. The first-order chi connectivity index (χ1) is 10.9. The molecule has 0 spiro atoms. The van der Waals surface area contributed by atoms with E-state index in [0.29, 0.717) is 10.6 Å². The van der Waals surface area contributed by atoms with Crippen molar-refractivity contribution in [3.8, 4) is 0 Å². The minimum atomic E-state index is -0.574. The molecule has 118 valence electrons. The summed E-state index contributed by atoms with van der Waals surface area (Å²) in [7, 11) is 0.